The molecule has 1 saturated carbocycles. The van der Waals surface area contributed by atoms with E-state index in [2.05, 4.69) is 4.72 Å². The minimum Gasteiger partial charge on any atom is -0.394 e. The molecule has 164 valence electrons. The lowest BCUT2D eigenvalue weighted by atomic mass is 10.0. The molecule has 1 atom stereocenters. The molecule has 0 aliphatic heterocycles. The summed E-state index contributed by atoms with van der Waals surface area (Å²) in [6.07, 6.45) is -0.446. The highest BCUT2D eigenvalue weighted by Gasteiger charge is 2.55. The van der Waals surface area contributed by atoms with E-state index in [4.69, 9.17) is 5.11 Å². The van der Waals surface area contributed by atoms with Gasteiger partial charge in [0.15, 0.2) is 0 Å². The number of sulfonamides is 1. The number of pyridine rings is 1. The van der Waals surface area contributed by atoms with Crippen molar-refractivity contribution < 1.29 is 23.0 Å². The van der Waals surface area contributed by atoms with E-state index in [9.17, 15) is 22.7 Å². The van der Waals surface area contributed by atoms with Crippen LogP contribution in [0.2, 0.25) is 0 Å². The van der Waals surface area contributed by atoms with Crippen LogP contribution in [0.5, 0.6) is 0 Å². The van der Waals surface area contributed by atoms with Gasteiger partial charge >= 0.3 is 0 Å². The molecule has 1 aromatic carbocycles. The van der Waals surface area contributed by atoms with Gasteiger partial charge in [0.2, 0.25) is 10.0 Å². The van der Waals surface area contributed by atoms with Gasteiger partial charge in [-0.15, -0.1) is 0 Å². The maximum atomic E-state index is 14.4. The minimum atomic E-state index is -3.92. The van der Waals surface area contributed by atoms with Gasteiger partial charge in [-0.25, -0.2) is 12.8 Å². The first-order chi connectivity index (χ1) is 14.0. The lowest BCUT2D eigenvalue weighted by molar-refractivity contribution is 0.0858. The van der Waals surface area contributed by atoms with Crippen molar-refractivity contribution in [2.75, 3.05) is 11.3 Å². The number of nitrogens with one attached hydrogen (secondary N) is 1. The first-order valence-corrected chi connectivity index (χ1v) is 11.2. The Labute approximate surface area is 175 Å². The van der Waals surface area contributed by atoms with Gasteiger partial charge in [0.25, 0.3) is 5.56 Å². The first-order valence-electron chi connectivity index (χ1n) is 9.75. The molecule has 0 amide bonds. The van der Waals surface area contributed by atoms with E-state index in [1.165, 1.54) is 23.7 Å². The number of hydrogen-bond donors (Lipinski definition) is 3. The SMILES string of the molecule is Cc1ccc(Cc2c(NS(=O)(=O)C3(C[C@@H](O)CO)CC3)cc(C)c(=O)n2C)c(F)c1. The van der Waals surface area contributed by atoms with Crippen LogP contribution in [0.25, 0.3) is 0 Å². The number of aliphatic hydroxyl groups is 2. The predicted molar refractivity (Wildman–Crippen MR) is 113 cm³/mol. The van der Waals surface area contributed by atoms with E-state index in [-0.39, 0.29) is 24.1 Å². The molecule has 30 heavy (non-hydrogen) atoms. The summed E-state index contributed by atoms with van der Waals surface area (Å²) in [6.45, 7) is 2.83. The third-order valence-corrected chi connectivity index (χ3v) is 7.93. The van der Waals surface area contributed by atoms with Crippen molar-refractivity contribution in [2.24, 2.45) is 7.05 Å². The van der Waals surface area contributed by atoms with Gasteiger partial charge in [-0.2, -0.15) is 0 Å². The standard InChI is InChI=1S/C21H27FN2O5S/c1-13-4-5-15(17(22)8-13)10-19-18(9-14(2)20(27)24(19)3)23-30(28,29)21(6-7-21)11-16(26)12-25/h4-5,8-9,16,23,25-26H,6-7,10-12H2,1-3H3/t16-/m1/s1. The smallest absolute Gasteiger partial charge is 0.253 e. The molecule has 7 nitrogen and oxygen atoms in total. The van der Waals surface area contributed by atoms with Crippen LogP contribution < -0.4 is 10.3 Å². The topological polar surface area (TPSA) is 109 Å². The molecular weight excluding hydrogens is 411 g/mol. The first kappa shape index (κ1) is 22.5. The fourth-order valence-electron chi connectivity index (χ4n) is 3.68. The Kier molecular flexibility index (Phi) is 6.08. The molecule has 1 aliphatic carbocycles. The van der Waals surface area contributed by atoms with E-state index in [1.54, 1.807) is 26.0 Å². The fraction of sp³-hybridized carbons (Fsp3) is 0.476. The largest absolute Gasteiger partial charge is 0.394 e. The monoisotopic (exact) mass is 438 g/mol. The van der Waals surface area contributed by atoms with Crippen LogP contribution in [0, 0.1) is 19.7 Å². The minimum absolute atomic E-state index is 0.0300. The van der Waals surface area contributed by atoms with Crippen molar-refractivity contribution in [1.82, 2.24) is 4.57 Å². The molecule has 1 heterocycles. The number of aromatic nitrogens is 1. The highest BCUT2D eigenvalue weighted by atomic mass is 32.2. The van der Waals surface area contributed by atoms with Gasteiger partial charge in [0.1, 0.15) is 5.82 Å². The molecule has 0 unspecified atom stereocenters. The molecule has 1 aromatic heterocycles. The molecule has 1 aliphatic rings. The number of nitrogens with zero attached hydrogens (tertiary/aromatic N) is 1. The zero-order valence-corrected chi connectivity index (χ0v) is 18.1. The van der Waals surface area contributed by atoms with Gasteiger partial charge in [-0.3, -0.25) is 9.52 Å². The summed E-state index contributed by atoms with van der Waals surface area (Å²) in [5.41, 5.74) is 1.71. The van der Waals surface area contributed by atoms with Crippen molar-refractivity contribution in [3.63, 3.8) is 0 Å². The number of rotatable bonds is 8. The zero-order valence-electron chi connectivity index (χ0n) is 17.3. The summed E-state index contributed by atoms with van der Waals surface area (Å²) < 4.78 is 43.4. The molecule has 0 bridgehead atoms. The summed E-state index contributed by atoms with van der Waals surface area (Å²) >= 11 is 0. The number of aryl methyl sites for hydroxylation is 2. The van der Waals surface area contributed by atoms with Crippen LogP contribution in [0.4, 0.5) is 10.1 Å². The van der Waals surface area contributed by atoms with Crippen LogP contribution in [0.15, 0.2) is 29.1 Å². The molecule has 1 fully saturated rings. The van der Waals surface area contributed by atoms with Gasteiger partial charge < -0.3 is 14.8 Å². The molecule has 0 spiro atoms. The Hall–Kier alpha value is -2.23. The predicted octanol–water partition coefficient (Wildman–Crippen LogP) is 1.75. The zero-order chi connectivity index (χ0) is 22.3. The van der Waals surface area contributed by atoms with Crippen LogP contribution in [-0.2, 0) is 23.5 Å². The van der Waals surface area contributed by atoms with Crippen molar-refractivity contribution in [1.29, 1.82) is 0 Å². The highest BCUT2D eigenvalue weighted by Crippen LogP contribution is 2.48. The van der Waals surface area contributed by atoms with Gasteiger partial charge in [0.05, 0.1) is 23.1 Å². The highest BCUT2D eigenvalue weighted by molar-refractivity contribution is 7.94. The summed E-state index contributed by atoms with van der Waals surface area (Å²) in [7, 11) is -2.39. The number of anilines is 1. The molecule has 0 saturated heterocycles. The molecule has 3 N–H and O–H groups in total. The van der Waals surface area contributed by atoms with Crippen molar-refractivity contribution in [2.45, 2.75) is 50.4 Å². The summed E-state index contributed by atoms with van der Waals surface area (Å²) in [5, 5.41) is 18.9. The second-order valence-electron chi connectivity index (χ2n) is 8.15. The number of halogens is 1. The molecular formula is C21H27FN2O5S. The van der Waals surface area contributed by atoms with E-state index in [1.807, 2.05) is 0 Å². The second kappa shape index (κ2) is 8.13. The number of benzene rings is 1. The summed E-state index contributed by atoms with van der Waals surface area (Å²) in [5.74, 6) is -0.429. The average molecular weight is 439 g/mol. The van der Waals surface area contributed by atoms with Crippen molar-refractivity contribution in [3.8, 4) is 0 Å². The van der Waals surface area contributed by atoms with Crippen molar-refractivity contribution in [3.05, 3.63) is 62.8 Å². The summed E-state index contributed by atoms with van der Waals surface area (Å²) in [6, 6.07) is 6.22. The molecule has 9 heteroatoms. The van der Waals surface area contributed by atoms with E-state index < -0.39 is 33.3 Å². The number of aliphatic hydroxyl groups excluding tert-OH is 2. The molecule has 3 rings (SSSR count). The Morgan fingerprint density at radius 2 is 1.93 bits per heavy atom. The third-order valence-electron chi connectivity index (χ3n) is 5.73. The van der Waals surface area contributed by atoms with Gasteiger partial charge in [-0.05, 0) is 56.4 Å². The van der Waals surface area contributed by atoms with E-state index in [0.29, 0.717) is 29.7 Å². The lowest BCUT2D eigenvalue weighted by Crippen LogP contribution is -2.35. The quantitative estimate of drug-likeness (QED) is 0.582. The van der Waals surface area contributed by atoms with Crippen LogP contribution in [-0.4, -0.2) is 40.7 Å². The Balaban J connectivity index is 2.01. The van der Waals surface area contributed by atoms with E-state index in [0.717, 1.165) is 5.56 Å². The third kappa shape index (κ3) is 4.28. The second-order valence-corrected chi connectivity index (χ2v) is 10.2. The fourth-order valence-corrected chi connectivity index (χ4v) is 5.41. The van der Waals surface area contributed by atoms with Gasteiger partial charge in [-0.1, -0.05) is 12.1 Å². The van der Waals surface area contributed by atoms with Crippen LogP contribution in [0.3, 0.4) is 0 Å². The molecule has 0 radical (unpaired) electrons. The van der Waals surface area contributed by atoms with Crippen LogP contribution >= 0.6 is 0 Å². The Bertz CT molecular complexity index is 1120. The maximum absolute atomic E-state index is 14.4. The number of hydrogen-bond acceptors (Lipinski definition) is 5. The van der Waals surface area contributed by atoms with Gasteiger partial charge in [0, 0.05) is 24.7 Å². The van der Waals surface area contributed by atoms with Crippen molar-refractivity contribution >= 4 is 15.7 Å². The molecule has 2 aromatic rings. The normalized spacial score (nSPS) is 16.3. The average Bonchev–Trinajstić information content (AvgIpc) is 3.45. The summed E-state index contributed by atoms with van der Waals surface area (Å²) in [4.78, 5) is 12.5. The Morgan fingerprint density at radius 1 is 1.27 bits per heavy atom. The lowest BCUT2D eigenvalue weighted by Gasteiger charge is -2.22. The maximum Gasteiger partial charge on any atom is 0.253 e. The van der Waals surface area contributed by atoms with E-state index >= 15 is 0 Å². The van der Waals surface area contributed by atoms with Crippen LogP contribution in [0.1, 0.15) is 41.6 Å². The Morgan fingerprint density at radius 3 is 2.50 bits per heavy atom.